The van der Waals surface area contributed by atoms with E-state index >= 15 is 0 Å². The molecule has 0 unspecified atom stereocenters. The number of carbonyl (C=O) groups excluding carboxylic acids is 1. The van der Waals surface area contributed by atoms with Crippen LogP contribution in [0.2, 0.25) is 0 Å². The van der Waals surface area contributed by atoms with Gasteiger partial charge in [0.05, 0.1) is 5.60 Å². The normalized spacial score (nSPS) is 23.9. The lowest BCUT2D eigenvalue weighted by molar-refractivity contribution is -0.152. The average molecular weight is 259 g/mol. The molecule has 1 rings (SSSR count). The maximum atomic E-state index is 11.8. The molecule has 104 valence electrons. The van der Waals surface area contributed by atoms with Crippen molar-refractivity contribution < 1.29 is 24.5 Å². The third-order valence-electron chi connectivity index (χ3n) is 3.50. The summed E-state index contributed by atoms with van der Waals surface area (Å²) >= 11 is 0. The third kappa shape index (κ3) is 3.68. The Morgan fingerprint density at radius 1 is 1.28 bits per heavy atom. The van der Waals surface area contributed by atoms with Crippen LogP contribution in [0.5, 0.6) is 0 Å². The molecule has 1 heterocycles. The Morgan fingerprint density at radius 2 is 1.83 bits per heavy atom. The minimum Gasteiger partial charge on any atom is -0.479 e. The maximum Gasteiger partial charge on any atom is 0.332 e. The largest absolute Gasteiger partial charge is 0.479 e. The quantitative estimate of drug-likeness (QED) is 0.637. The summed E-state index contributed by atoms with van der Waals surface area (Å²) in [6, 6.07) is 0. The van der Waals surface area contributed by atoms with Gasteiger partial charge in [-0.2, -0.15) is 0 Å². The topological polar surface area (TPSA) is 95.9 Å². The van der Waals surface area contributed by atoms with Crippen molar-refractivity contribution >= 4 is 11.9 Å². The minimum atomic E-state index is -1.04. The second-order valence-corrected chi connectivity index (χ2v) is 4.68. The molecule has 0 bridgehead atoms. The van der Waals surface area contributed by atoms with Crippen LogP contribution in [0.25, 0.3) is 0 Å². The van der Waals surface area contributed by atoms with Gasteiger partial charge in [-0.15, -0.1) is 0 Å². The van der Waals surface area contributed by atoms with Gasteiger partial charge in [-0.3, -0.25) is 4.79 Å². The van der Waals surface area contributed by atoms with Crippen LogP contribution in [0, 0.1) is 0 Å². The summed E-state index contributed by atoms with van der Waals surface area (Å²) in [7, 11) is 0. The van der Waals surface area contributed by atoms with Gasteiger partial charge >= 0.3 is 5.97 Å². The van der Waals surface area contributed by atoms with Crippen molar-refractivity contribution in [3.05, 3.63) is 0 Å². The Balaban J connectivity index is 2.41. The number of carboxylic acids is 1. The van der Waals surface area contributed by atoms with Gasteiger partial charge < -0.3 is 20.3 Å². The third-order valence-corrected chi connectivity index (χ3v) is 3.50. The molecule has 6 nitrogen and oxygen atoms in total. The Morgan fingerprint density at radius 3 is 2.28 bits per heavy atom. The highest BCUT2D eigenvalue weighted by Gasteiger charge is 2.35. The molecule has 1 aliphatic rings. The highest BCUT2D eigenvalue weighted by atomic mass is 16.5. The van der Waals surface area contributed by atoms with Crippen molar-refractivity contribution in [3.63, 3.8) is 0 Å². The van der Waals surface area contributed by atoms with Crippen LogP contribution in [-0.2, 0) is 14.3 Å². The fraction of sp³-hybridized carbons (Fsp3) is 0.833. The van der Waals surface area contributed by atoms with Crippen molar-refractivity contribution in [1.82, 2.24) is 5.32 Å². The number of carbonyl (C=O) groups is 2. The minimum absolute atomic E-state index is 0.163. The molecule has 18 heavy (non-hydrogen) atoms. The van der Waals surface area contributed by atoms with Gasteiger partial charge in [0.2, 0.25) is 5.91 Å². The van der Waals surface area contributed by atoms with Crippen molar-refractivity contribution in [2.24, 2.45) is 0 Å². The summed E-state index contributed by atoms with van der Waals surface area (Å²) in [6.45, 7) is 3.86. The Labute approximate surface area is 106 Å². The van der Waals surface area contributed by atoms with Crippen molar-refractivity contribution in [3.8, 4) is 0 Å². The van der Waals surface area contributed by atoms with Gasteiger partial charge in [-0.25, -0.2) is 4.79 Å². The van der Waals surface area contributed by atoms with Crippen LogP contribution in [0.4, 0.5) is 0 Å². The highest BCUT2D eigenvalue weighted by molar-refractivity contribution is 5.82. The zero-order valence-electron chi connectivity index (χ0n) is 10.8. The molecule has 2 atom stereocenters. The molecule has 0 radical (unpaired) electrons. The van der Waals surface area contributed by atoms with Crippen molar-refractivity contribution in [2.45, 2.75) is 57.3 Å². The van der Waals surface area contributed by atoms with E-state index in [1.165, 1.54) is 0 Å². The van der Waals surface area contributed by atoms with Crippen LogP contribution in [0.3, 0.4) is 0 Å². The van der Waals surface area contributed by atoms with Gasteiger partial charge in [-0.1, -0.05) is 13.8 Å². The molecule has 3 N–H and O–H groups in total. The standard InChI is InChI=1S/C12H21NO5/c1-3-12(17,4-2)7-13-10(14)8-5-6-9(18-8)11(15)16/h8-9,17H,3-7H2,1-2H3,(H,13,14)(H,15,16)/t8-,9+/m0/s1. The number of nitrogens with one attached hydrogen (secondary N) is 1. The molecule has 0 spiro atoms. The smallest absolute Gasteiger partial charge is 0.332 e. The van der Waals surface area contributed by atoms with Crippen LogP contribution < -0.4 is 5.32 Å². The molecule has 1 fully saturated rings. The Kier molecular flexibility index (Phi) is 5.10. The van der Waals surface area contributed by atoms with Crippen LogP contribution in [-0.4, -0.2) is 46.4 Å². The number of aliphatic carboxylic acids is 1. The molecule has 0 saturated carbocycles. The second kappa shape index (κ2) is 6.15. The van der Waals surface area contributed by atoms with E-state index < -0.39 is 23.8 Å². The molecule has 0 aromatic rings. The Bertz CT molecular complexity index is 314. The number of carboxylic acid groups (broad SMARTS) is 1. The Hall–Kier alpha value is -1.14. The van der Waals surface area contributed by atoms with Crippen LogP contribution >= 0.6 is 0 Å². The van der Waals surface area contributed by atoms with Gasteiger partial charge in [0.1, 0.15) is 6.10 Å². The molecule has 0 aromatic heterocycles. The molecular formula is C12H21NO5. The molecule has 1 saturated heterocycles. The molecule has 6 heteroatoms. The number of hydrogen-bond donors (Lipinski definition) is 3. The maximum absolute atomic E-state index is 11.8. The first-order valence-electron chi connectivity index (χ1n) is 6.30. The van der Waals surface area contributed by atoms with Crippen LogP contribution in [0.1, 0.15) is 39.5 Å². The monoisotopic (exact) mass is 259 g/mol. The second-order valence-electron chi connectivity index (χ2n) is 4.68. The van der Waals surface area contributed by atoms with Crippen molar-refractivity contribution in [2.75, 3.05) is 6.54 Å². The van der Waals surface area contributed by atoms with E-state index in [0.717, 1.165) is 0 Å². The summed E-state index contributed by atoms with van der Waals surface area (Å²) < 4.78 is 5.12. The highest BCUT2D eigenvalue weighted by Crippen LogP contribution is 2.20. The fourth-order valence-corrected chi connectivity index (χ4v) is 1.88. The lowest BCUT2D eigenvalue weighted by Gasteiger charge is -2.26. The molecule has 0 aliphatic carbocycles. The first-order chi connectivity index (χ1) is 8.41. The number of rotatable bonds is 6. The van der Waals surface area contributed by atoms with Gasteiger partial charge in [0, 0.05) is 6.54 Å². The zero-order chi connectivity index (χ0) is 13.8. The van der Waals surface area contributed by atoms with E-state index in [9.17, 15) is 14.7 Å². The lowest BCUT2D eigenvalue weighted by atomic mass is 9.97. The number of amides is 1. The molecular weight excluding hydrogens is 238 g/mol. The summed E-state index contributed by atoms with van der Waals surface area (Å²) in [6.07, 6.45) is 0.236. The van der Waals surface area contributed by atoms with Crippen molar-refractivity contribution in [1.29, 1.82) is 0 Å². The number of aliphatic hydroxyl groups is 1. The number of ether oxygens (including phenoxy) is 1. The predicted molar refractivity (Wildman–Crippen MR) is 64.1 cm³/mol. The summed E-state index contributed by atoms with van der Waals surface area (Å²) in [5.74, 6) is -1.39. The van der Waals surface area contributed by atoms with Gasteiger partial charge in [0.25, 0.3) is 0 Å². The zero-order valence-corrected chi connectivity index (χ0v) is 10.8. The van der Waals surface area contributed by atoms with E-state index in [4.69, 9.17) is 9.84 Å². The van der Waals surface area contributed by atoms with Gasteiger partial charge in [-0.05, 0) is 25.7 Å². The summed E-state index contributed by atoms with van der Waals surface area (Å²) in [5, 5.41) is 21.4. The summed E-state index contributed by atoms with van der Waals surface area (Å²) in [4.78, 5) is 22.4. The van der Waals surface area contributed by atoms with Crippen LogP contribution in [0.15, 0.2) is 0 Å². The lowest BCUT2D eigenvalue weighted by Crippen LogP contribution is -2.45. The van der Waals surface area contributed by atoms with E-state index in [0.29, 0.717) is 25.7 Å². The SMILES string of the molecule is CCC(O)(CC)CNC(=O)[C@@H]1CC[C@H](C(=O)O)O1. The van der Waals surface area contributed by atoms with Gasteiger partial charge in [0.15, 0.2) is 6.10 Å². The number of hydrogen-bond acceptors (Lipinski definition) is 4. The summed E-state index contributed by atoms with van der Waals surface area (Å²) in [5.41, 5.74) is -0.902. The first-order valence-corrected chi connectivity index (χ1v) is 6.30. The van der Waals surface area contributed by atoms with E-state index in [-0.39, 0.29) is 12.5 Å². The molecule has 0 aromatic carbocycles. The van der Waals surface area contributed by atoms with E-state index in [1.54, 1.807) is 0 Å². The first kappa shape index (κ1) is 14.9. The molecule has 1 aliphatic heterocycles. The average Bonchev–Trinajstić information content (AvgIpc) is 2.85. The molecule has 1 amide bonds. The fourth-order valence-electron chi connectivity index (χ4n) is 1.88. The predicted octanol–water partition coefficient (Wildman–Crippen LogP) is 0.286. The van der Waals surface area contributed by atoms with E-state index in [1.807, 2.05) is 13.8 Å². The van der Waals surface area contributed by atoms with E-state index in [2.05, 4.69) is 5.32 Å².